The summed E-state index contributed by atoms with van der Waals surface area (Å²) in [4.78, 5) is 25.8. The summed E-state index contributed by atoms with van der Waals surface area (Å²) in [7, 11) is 0. The van der Waals surface area contributed by atoms with Gasteiger partial charge in [0.15, 0.2) is 17.6 Å². The molecule has 1 heterocycles. The van der Waals surface area contributed by atoms with Crippen molar-refractivity contribution in [1.82, 2.24) is 5.32 Å². The molecule has 4 aromatic carbocycles. The SMILES string of the molecule is CC(OC(=O)c1c2ccccc2cc2ccccc12)C(=O)NCc1ccc2c(c1)OCO2. The lowest BCUT2D eigenvalue weighted by molar-refractivity contribution is -0.129. The zero-order valence-electron chi connectivity index (χ0n) is 17.5. The topological polar surface area (TPSA) is 73.9 Å². The number of hydrogen-bond donors (Lipinski definition) is 1. The Kier molecular flexibility index (Phi) is 5.11. The van der Waals surface area contributed by atoms with Gasteiger partial charge in [-0.1, -0.05) is 54.6 Å². The maximum absolute atomic E-state index is 13.2. The van der Waals surface area contributed by atoms with Crippen LogP contribution in [-0.2, 0) is 16.1 Å². The van der Waals surface area contributed by atoms with Crippen molar-refractivity contribution in [3.05, 3.63) is 83.9 Å². The zero-order valence-corrected chi connectivity index (χ0v) is 17.5. The summed E-state index contributed by atoms with van der Waals surface area (Å²) in [6.45, 7) is 2.05. The van der Waals surface area contributed by atoms with Gasteiger partial charge >= 0.3 is 5.97 Å². The van der Waals surface area contributed by atoms with Crippen LogP contribution in [-0.4, -0.2) is 24.8 Å². The van der Waals surface area contributed by atoms with Gasteiger partial charge in [0.2, 0.25) is 6.79 Å². The van der Waals surface area contributed by atoms with Gasteiger partial charge in [-0.3, -0.25) is 4.79 Å². The first kappa shape index (κ1) is 19.9. The van der Waals surface area contributed by atoms with Crippen LogP contribution in [0.1, 0.15) is 22.8 Å². The lowest BCUT2D eigenvalue weighted by atomic mass is 9.97. The van der Waals surface area contributed by atoms with Crippen LogP contribution in [0.3, 0.4) is 0 Å². The highest BCUT2D eigenvalue weighted by atomic mass is 16.7. The molecule has 6 heteroatoms. The third-order valence-corrected chi connectivity index (χ3v) is 5.53. The van der Waals surface area contributed by atoms with Crippen molar-refractivity contribution in [2.45, 2.75) is 19.6 Å². The second-order valence-corrected chi connectivity index (χ2v) is 7.65. The highest BCUT2D eigenvalue weighted by Crippen LogP contribution is 2.32. The quantitative estimate of drug-likeness (QED) is 0.373. The molecule has 0 bridgehead atoms. The van der Waals surface area contributed by atoms with Crippen LogP contribution in [0.25, 0.3) is 21.5 Å². The lowest BCUT2D eigenvalue weighted by Crippen LogP contribution is -2.35. The van der Waals surface area contributed by atoms with E-state index in [4.69, 9.17) is 14.2 Å². The van der Waals surface area contributed by atoms with Crippen molar-refractivity contribution in [1.29, 1.82) is 0 Å². The van der Waals surface area contributed by atoms with Crippen molar-refractivity contribution in [3.8, 4) is 11.5 Å². The molecule has 1 aliphatic rings. The van der Waals surface area contributed by atoms with Crippen LogP contribution in [0, 0.1) is 0 Å². The molecule has 4 aromatic rings. The summed E-state index contributed by atoms with van der Waals surface area (Å²) in [6.07, 6.45) is -0.950. The average molecular weight is 427 g/mol. The molecule has 1 N–H and O–H groups in total. The van der Waals surface area contributed by atoms with Crippen molar-refractivity contribution in [3.63, 3.8) is 0 Å². The number of fused-ring (bicyclic) bond motifs is 3. The van der Waals surface area contributed by atoms with Gasteiger partial charge in [0.1, 0.15) is 0 Å². The summed E-state index contributed by atoms with van der Waals surface area (Å²) in [5.41, 5.74) is 1.33. The van der Waals surface area contributed by atoms with Crippen molar-refractivity contribution < 1.29 is 23.8 Å². The molecule has 0 saturated heterocycles. The first-order valence-corrected chi connectivity index (χ1v) is 10.4. The smallest absolute Gasteiger partial charge is 0.340 e. The molecule has 1 unspecified atom stereocenters. The Labute approximate surface area is 184 Å². The number of esters is 1. The van der Waals surface area contributed by atoms with Gasteiger partial charge in [-0.25, -0.2) is 4.79 Å². The summed E-state index contributed by atoms with van der Waals surface area (Å²) in [5, 5.41) is 6.28. The second kappa shape index (κ2) is 8.23. The fourth-order valence-electron chi connectivity index (χ4n) is 3.89. The van der Waals surface area contributed by atoms with E-state index in [9.17, 15) is 9.59 Å². The standard InChI is InChI=1S/C26H21NO5/c1-16(25(28)27-14-17-10-11-22-23(12-17)31-15-30-22)32-26(29)24-20-8-4-2-6-18(20)13-19-7-3-5-9-21(19)24/h2-13,16H,14-15H2,1H3,(H,27,28). The van der Waals surface area contributed by atoms with Crippen LogP contribution >= 0.6 is 0 Å². The molecule has 0 aromatic heterocycles. The van der Waals surface area contributed by atoms with Crippen molar-refractivity contribution in [2.75, 3.05) is 6.79 Å². The molecule has 1 amide bonds. The fraction of sp³-hybridized carbons (Fsp3) is 0.154. The molecule has 160 valence electrons. The Morgan fingerprint density at radius 2 is 1.56 bits per heavy atom. The number of nitrogens with one attached hydrogen (secondary N) is 1. The molecule has 0 radical (unpaired) electrons. The molecule has 0 saturated carbocycles. The molecule has 0 fully saturated rings. The summed E-state index contributed by atoms with van der Waals surface area (Å²) >= 11 is 0. The molecule has 0 spiro atoms. The van der Waals surface area contributed by atoms with E-state index in [1.807, 2.05) is 66.7 Å². The Morgan fingerprint density at radius 3 is 2.28 bits per heavy atom. The first-order valence-electron chi connectivity index (χ1n) is 10.4. The van der Waals surface area contributed by atoms with Crippen molar-refractivity contribution in [2.24, 2.45) is 0 Å². The normalized spacial score (nSPS) is 13.2. The van der Waals surface area contributed by atoms with E-state index in [1.165, 1.54) is 0 Å². The molecular weight excluding hydrogens is 406 g/mol. The van der Waals surface area contributed by atoms with Crippen molar-refractivity contribution >= 4 is 33.4 Å². The number of amides is 1. The summed E-state index contributed by atoms with van der Waals surface area (Å²) < 4.78 is 16.2. The minimum atomic E-state index is -0.950. The number of carbonyl (C=O) groups is 2. The van der Waals surface area contributed by atoms with Gasteiger partial charge in [0, 0.05) is 6.54 Å². The fourth-order valence-corrected chi connectivity index (χ4v) is 3.89. The van der Waals surface area contributed by atoms with Gasteiger partial charge in [0.25, 0.3) is 5.91 Å². The second-order valence-electron chi connectivity index (χ2n) is 7.65. The number of hydrogen-bond acceptors (Lipinski definition) is 5. The molecule has 1 aliphatic heterocycles. The monoisotopic (exact) mass is 427 g/mol. The van der Waals surface area contributed by atoms with E-state index in [1.54, 1.807) is 13.0 Å². The Bertz CT molecular complexity index is 1290. The average Bonchev–Trinajstić information content (AvgIpc) is 3.28. The van der Waals surface area contributed by atoms with Gasteiger partial charge in [0.05, 0.1) is 5.56 Å². The largest absolute Gasteiger partial charge is 0.454 e. The number of benzene rings is 4. The van der Waals surface area contributed by atoms with Gasteiger partial charge in [-0.05, 0) is 52.2 Å². The zero-order chi connectivity index (χ0) is 22.1. The van der Waals surface area contributed by atoms with E-state index in [0.29, 0.717) is 17.1 Å². The van der Waals surface area contributed by atoms with E-state index in [0.717, 1.165) is 27.1 Å². The minimum Gasteiger partial charge on any atom is -0.454 e. The molecule has 1 atom stereocenters. The van der Waals surface area contributed by atoms with Gasteiger partial charge < -0.3 is 19.5 Å². The van der Waals surface area contributed by atoms with Crippen LogP contribution in [0.15, 0.2) is 72.8 Å². The van der Waals surface area contributed by atoms with Crippen LogP contribution in [0.4, 0.5) is 0 Å². The predicted molar refractivity (Wildman–Crippen MR) is 121 cm³/mol. The maximum Gasteiger partial charge on any atom is 0.340 e. The summed E-state index contributed by atoms with van der Waals surface area (Å²) in [5.74, 6) is 0.438. The minimum absolute atomic E-state index is 0.195. The number of ether oxygens (including phenoxy) is 3. The highest BCUT2D eigenvalue weighted by molar-refractivity contribution is 6.16. The third-order valence-electron chi connectivity index (χ3n) is 5.53. The number of rotatable bonds is 5. The molecule has 5 rings (SSSR count). The highest BCUT2D eigenvalue weighted by Gasteiger charge is 2.22. The maximum atomic E-state index is 13.2. The molecule has 0 aliphatic carbocycles. The third kappa shape index (κ3) is 3.71. The number of carbonyl (C=O) groups excluding carboxylic acids is 2. The van der Waals surface area contributed by atoms with Gasteiger partial charge in [-0.15, -0.1) is 0 Å². The summed E-state index contributed by atoms with van der Waals surface area (Å²) in [6, 6.07) is 22.9. The van der Waals surface area contributed by atoms with Crippen LogP contribution < -0.4 is 14.8 Å². The van der Waals surface area contributed by atoms with E-state index in [2.05, 4.69) is 5.32 Å². The Morgan fingerprint density at radius 1 is 0.906 bits per heavy atom. The van der Waals surface area contributed by atoms with E-state index in [-0.39, 0.29) is 19.2 Å². The van der Waals surface area contributed by atoms with E-state index < -0.39 is 12.1 Å². The van der Waals surface area contributed by atoms with Gasteiger partial charge in [-0.2, -0.15) is 0 Å². The Balaban J connectivity index is 1.33. The van der Waals surface area contributed by atoms with Crippen LogP contribution in [0.2, 0.25) is 0 Å². The van der Waals surface area contributed by atoms with E-state index >= 15 is 0 Å². The first-order chi connectivity index (χ1) is 15.6. The Hall–Kier alpha value is -4.06. The molecule has 32 heavy (non-hydrogen) atoms. The molecular formula is C26H21NO5. The molecule has 6 nitrogen and oxygen atoms in total. The lowest BCUT2D eigenvalue weighted by Gasteiger charge is -2.16. The predicted octanol–water partition coefficient (Wildman–Crippen LogP) is 4.58. The van der Waals surface area contributed by atoms with Crippen LogP contribution in [0.5, 0.6) is 11.5 Å².